The van der Waals surface area contributed by atoms with Gasteiger partial charge in [-0.1, -0.05) is 0 Å². The van der Waals surface area contributed by atoms with Crippen LogP contribution in [0.1, 0.15) is 0 Å². The molecule has 22 heavy (non-hydrogen) atoms. The summed E-state index contributed by atoms with van der Waals surface area (Å²) in [7, 11) is -8.27. The third kappa shape index (κ3) is 3.67. The Morgan fingerprint density at radius 1 is 0.818 bits per heavy atom. The first-order chi connectivity index (χ1) is 10.1. The molecule has 2 rings (SSSR count). The Hall–Kier alpha value is -2.30. The van der Waals surface area contributed by atoms with Crippen molar-refractivity contribution in [2.45, 2.75) is 9.79 Å². The lowest BCUT2D eigenvalue weighted by Crippen LogP contribution is -2.13. The topological polar surface area (TPSA) is 153 Å². The summed E-state index contributed by atoms with van der Waals surface area (Å²) in [6.45, 7) is 0. The molecular weight excluding hydrogens is 330 g/mol. The molecule has 0 aliphatic rings. The van der Waals surface area contributed by atoms with Crippen LogP contribution >= 0.6 is 0 Å². The quantitative estimate of drug-likeness (QED) is 0.475. The van der Waals surface area contributed by atoms with Crippen molar-refractivity contribution in [2.24, 2.45) is 0 Å². The van der Waals surface area contributed by atoms with Crippen LogP contribution in [0.3, 0.4) is 0 Å². The molecule has 10 heteroatoms. The lowest BCUT2D eigenvalue weighted by Gasteiger charge is -2.10. The van der Waals surface area contributed by atoms with Crippen LogP contribution in [0, 0.1) is 0 Å². The molecule has 118 valence electrons. The van der Waals surface area contributed by atoms with Gasteiger partial charge in [0.1, 0.15) is 0 Å². The molecule has 0 spiro atoms. The Morgan fingerprint density at radius 3 is 1.77 bits per heavy atom. The molecule has 0 atom stereocenters. The maximum absolute atomic E-state index is 12.2. The fraction of sp³-hybridized carbons (Fsp3) is 0. The van der Waals surface area contributed by atoms with Gasteiger partial charge in [-0.3, -0.25) is 9.27 Å². The number of anilines is 3. The first kappa shape index (κ1) is 16.1. The molecule has 0 radical (unpaired) electrons. The van der Waals surface area contributed by atoms with Crippen LogP contribution in [0.15, 0.2) is 52.3 Å². The minimum atomic E-state index is -4.34. The van der Waals surface area contributed by atoms with E-state index in [2.05, 4.69) is 4.72 Å². The molecule has 0 fully saturated rings. The Morgan fingerprint density at radius 2 is 1.32 bits per heavy atom. The van der Waals surface area contributed by atoms with Gasteiger partial charge in [-0.2, -0.15) is 8.42 Å². The van der Waals surface area contributed by atoms with Crippen molar-refractivity contribution in [1.82, 2.24) is 0 Å². The molecule has 2 aromatic rings. The Labute approximate surface area is 127 Å². The highest BCUT2D eigenvalue weighted by molar-refractivity contribution is 7.92. The summed E-state index contributed by atoms with van der Waals surface area (Å²) in [5.74, 6) is 0. The maximum atomic E-state index is 12.2. The van der Waals surface area contributed by atoms with E-state index in [1.54, 1.807) is 0 Å². The van der Waals surface area contributed by atoms with Crippen LogP contribution in [0.4, 0.5) is 17.1 Å². The molecule has 0 aliphatic heterocycles. The summed E-state index contributed by atoms with van der Waals surface area (Å²) >= 11 is 0. The average Bonchev–Trinajstić information content (AvgIpc) is 2.36. The molecule has 0 heterocycles. The molecule has 8 nitrogen and oxygen atoms in total. The van der Waals surface area contributed by atoms with Gasteiger partial charge >= 0.3 is 0 Å². The van der Waals surface area contributed by atoms with E-state index in [1.807, 2.05) is 0 Å². The number of sulfonamides is 1. The fourth-order valence-electron chi connectivity index (χ4n) is 1.71. The van der Waals surface area contributed by atoms with Gasteiger partial charge in [0.15, 0.2) is 0 Å². The molecular formula is C12H13N3O5S2. The second kappa shape index (κ2) is 5.48. The third-order valence-corrected chi connectivity index (χ3v) is 4.89. The SMILES string of the molecule is Nc1cc(N)cc(S(=O)(=O)Nc2ccc(S(=O)(=O)O)cc2)c1. The highest BCUT2D eigenvalue weighted by Crippen LogP contribution is 2.22. The van der Waals surface area contributed by atoms with E-state index in [-0.39, 0.29) is 26.9 Å². The van der Waals surface area contributed by atoms with E-state index in [4.69, 9.17) is 16.0 Å². The molecule has 2 aromatic carbocycles. The number of benzene rings is 2. The van der Waals surface area contributed by atoms with E-state index in [1.165, 1.54) is 30.3 Å². The second-order valence-corrected chi connectivity index (χ2v) is 7.54. The number of nitrogens with two attached hydrogens (primary N) is 2. The summed E-state index contributed by atoms with van der Waals surface area (Å²) < 4.78 is 57.3. The van der Waals surface area contributed by atoms with Crippen molar-refractivity contribution in [3.05, 3.63) is 42.5 Å². The van der Waals surface area contributed by atoms with Crippen LogP contribution in [-0.4, -0.2) is 21.4 Å². The predicted molar refractivity (Wildman–Crippen MR) is 82.3 cm³/mol. The summed E-state index contributed by atoms with van der Waals surface area (Å²) in [6.07, 6.45) is 0. The molecule has 0 amide bonds. The van der Waals surface area contributed by atoms with Gasteiger partial charge in [-0.25, -0.2) is 8.42 Å². The van der Waals surface area contributed by atoms with Gasteiger partial charge in [-0.05, 0) is 42.5 Å². The standard InChI is InChI=1S/C12H13N3O5S2/c13-8-5-9(14)7-12(6-8)21(16,17)15-10-1-3-11(4-2-10)22(18,19)20/h1-7,15H,13-14H2,(H,18,19,20). The Kier molecular flexibility index (Phi) is 4.00. The van der Waals surface area contributed by atoms with Crippen molar-refractivity contribution in [3.63, 3.8) is 0 Å². The smallest absolute Gasteiger partial charge is 0.294 e. The van der Waals surface area contributed by atoms with Crippen LogP contribution in [-0.2, 0) is 20.1 Å². The van der Waals surface area contributed by atoms with E-state index in [0.29, 0.717) is 0 Å². The van der Waals surface area contributed by atoms with E-state index >= 15 is 0 Å². The van der Waals surface area contributed by atoms with Crippen molar-refractivity contribution < 1.29 is 21.4 Å². The predicted octanol–water partition coefficient (Wildman–Crippen LogP) is 0.898. The minimum Gasteiger partial charge on any atom is -0.399 e. The fourth-order valence-corrected chi connectivity index (χ4v) is 3.34. The van der Waals surface area contributed by atoms with E-state index in [0.717, 1.165) is 12.1 Å². The summed E-state index contributed by atoms with van der Waals surface area (Å²) in [5, 5.41) is 0. The molecule has 0 unspecified atom stereocenters. The lowest BCUT2D eigenvalue weighted by molar-refractivity contribution is 0.483. The van der Waals surface area contributed by atoms with Crippen LogP contribution in [0.5, 0.6) is 0 Å². The zero-order chi connectivity index (χ0) is 16.5. The summed E-state index contributed by atoms with van der Waals surface area (Å²) in [6, 6.07) is 8.45. The highest BCUT2D eigenvalue weighted by atomic mass is 32.2. The second-order valence-electron chi connectivity index (χ2n) is 4.44. The number of rotatable bonds is 4. The van der Waals surface area contributed by atoms with Crippen LogP contribution in [0.2, 0.25) is 0 Å². The van der Waals surface area contributed by atoms with Crippen molar-refractivity contribution in [3.8, 4) is 0 Å². The average molecular weight is 343 g/mol. The molecule has 0 saturated carbocycles. The van der Waals surface area contributed by atoms with Gasteiger partial charge < -0.3 is 11.5 Å². The van der Waals surface area contributed by atoms with Gasteiger partial charge in [0.2, 0.25) is 0 Å². The first-order valence-corrected chi connectivity index (χ1v) is 8.77. The van der Waals surface area contributed by atoms with Crippen molar-refractivity contribution >= 4 is 37.2 Å². The summed E-state index contributed by atoms with van der Waals surface area (Å²) in [5.41, 5.74) is 11.6. The number of nitrogen functional groups attached to an aromatic ring is 2. The zero-order valence-electron chi connectivity index (χ0n) is 11.1. The molecule has 0 aromatic heterocycles. The molecule has 0 bridgehead atoms. The molecule has 6 N–H and O–H groups in total. The number of nitrogens with one attached hydrogen (secondary N) is 1. The first-order valence-electron chi connectivity index (χ1n) is 5.84. The van der Waals surface area contributed by atoms with Crippen molar-refractivity contribution in [2.75, 3.05) is 16.2 Å². The van der Waals surface area contributed by atoms with Gasteiger partial charge in [-0.15, -0.1) is 0 Å². The van der Waals surface area contributed by atoms with Crippen LogP contribution < -0.4 is 16.2 Å². The number of hydrogen-bond donors (Lipinski definition) is 4. The third-order valence-electron chi connectivity index (χ3n) is 2.67. The Balaban J connectivity index is 2.33. The number of hydrogen-bond acceptors (Lipinski definition) is 6. The van der Waals surface area contributed by atoms with E-state index in [9.17, 15) is 16.8 Å². The van der Waals surface area contributed by atoms with E-state index < -0.39 is 20.1 Å². The van der Waals surface area contributed by atoms with Gasteiger partial charge in [0, 0.05) is 17.1 Å². The normalized spacial score (nSPS) is 12.0. The van der Waals surface area contributed by atoms with Crippen molar-refractivity contribution in [1.29, 1.82) is 0 Å². The molecule has 0 saturated heterocycles. The van der Waals surface area contributed by atoms with Gasteiger partial charge in [0.05, 0.1) is 9.79 Å². The Bertz CT molecular complexity index is 886. The summed E-state index contributed by atoms with van der Waals surface area (Å²) in [4.78, 5) is -0.465. The maximum Gasteiger partial charge on any atom is 0.294 e. The van der Waals surface area contributed by atoms with Crippen LogP contribution in [0.25, 0.3) is 0 Å². The largest absolute Gasteiger partial charge is 0.399 e. The lowest BCUT2D eigenvalue weighted by atomic mass is 10.3. The molecule has 0 aliphatic carbocycles. The highest BCUT2D eigenvalue weighted by Gasteiger charge is 2.16. The van der Waals surface area contributed by atoms with Gasteiger partial charge in [0.25, 0.3) is 20.1 Å². The zero-order valence-corrected chi connectivity index (χ0v) is 12.7. The monoisotopic (exact) mass is 343 g/mol. The minimum absolute atomic E-state index is 0.119.